The van der Waals surface area contributed by atoms with Crippen LogP contribution in [0.25, 0.3) is 0 Å². The maximum absolute atomic E-state index is 8.87. The van der Waals surface area contributed by atoms with Crippen LogP contribution in [0.5, 0.6) is 0 Å². The van der Waals surface area contributed by atoms with Crippen LogP contribution in [-0.2, 0) is 4.74 Å². The molecule has 0 aromatic rings. The van der Waals surface area contributed by atoms with E-state index in [0.717, 1.165) is 0 Å². The highest BCUT2D eigenvalue weighted by atomic mass is 16.6. The van der Waals surface area contributed by atoms with Crippen molar-refractivity contribution >= 4 is 0 Å². The molecule has 0 amide bonds. The van der Waals surface area contributed by atoms with E-state index in [1.807, 2.05) is 0 Å². The summed E-state index contributed by atoms with van der Waals surface area (Å²) >= 11 is 0. The summed E-state index contributed by atoms with van der Waals surface area (Å²) < 4.78 is 4.43. The molecule has 1 rings (SSSR count). The van der Waals surface area contributed by atoms with Crippen LogP contribution in [0.4, 0.5) is 0 Å². The highest BCUT2D eigenvalue weighted by Gasteiger charge is 2.41. The second kappa shape index (κ2) is 2.52. The van der Waals surface area contributed by atoms with Gasteiger partial charge in [-0.2, -0.15) is 5.26 Å². The molecule has 0 aromatic carbocycles. The van der Waals surface area contributed by atoms with Crippen LogP contribution in [0, 0.1) is 11.3 Å². The molecule has 1 saturated heterocycles. The highest BCUT2D eigenvalue weighted by Crippen LogP contribution is 2.18. The molecule has 1 heterocycles. The van der Waals surface area contributed by atoms with Gasteiger partial charge in [0.15, 0.2) is 12.4 Å². The van der Waals surface area contributed by atoms with Crippen LogP contribution >= 0.6 is 0 Å². The van der Waals surface area contributed by atoms with E-state index in [-0.39, 0.29) is 0 Å². The van der Waals surface area contributed by atoms with E-state index in [2.05, 4.69) is 4.74 Å². The van der Waals surface area contributed by atoms with Crippen LogP contribution in [0.2, 0.25) is 0 Å². The Bertz CT molecular complexity index is 166. The number of ether oxygens (including phenoxy) is 1. The number of aliphatic hydroxyl groups excluding tert-OH is 3. The predicted molar refractivity (Wildman–Crippen MR) is 28.5 cm³/mol. The Balaban J connectivity index is 2.64. The molecule has 5 heteroatoms. The number of hydrogen-bond donors (Lipinski definition) is 3. The molecule has 10 heavy (non-hydrogen) atoms. The third-order valence-corrected chi connectivity index (χ3v) is 1.37. The first kappa shape index (κ1) is 7.44. The fraction of sp³-hybridized carbons (Fsp3) is 0.800. The van der Waals surface area contributed by atoms with Crippen molar-refractivity contribution < 1.29 is 20.1 Å². The van der Waals surface area contributed by atoms with Crippen molar-refractivity contribution in [2.24, 2.45) is 0 Å². The quantitative estimate of drug-likeness (QED) is 0.364. The molecule has 0 radical (unpaired) electrons. The van der Waals surface area contributed by atoms with Crippen molar-refractivity contribution in [3.63, 3.8) is 0 Å². The molecule has 3 N–H and O–H groups in total. The molecule has 56 valence electrons. The summed E-state index contributed by atoms with van der Waals surface area (Å²) in [5.74, 6) is 0. The predicted octanol–water partition coefficient (Wildman–Crippen LogP) is -2.05. The minimum Gasteiger partial charge on any atom is -0.386 e. The molecule has 4 atom stereocenters. The summed E-state index contributed by atoms with van der Waals surface area (Å²) in [7, 11) is 0. The van der Waals surface area contributed by atoms with Crippen molar-refractivity contribution in [1.29, 1.82) is 5.26 Å². The normalized spacial score (nSPS) is 47.0. The minimum atomic E-state index is -1.44. The number of aliphatic hydroxyl groups is 3. The SMILES string of the molecule is N#CC1OC(O)C(O)C1O. The Morgan fingerprint density at radius 2 is 1.80 bits per heavy atom. The lowest BCUT2D eigenvalue weighted by Gasteiger charge is -2.06. The summed E-state index contributed by atoms with van der Waals surface area (Å²) in [4.78, 5) is 0. The summed E-state index contributed by atoms with van der Waals surface area (Å²) in [6, 6.07) is 1.58. The maximum atomic E-state index is 8.87. The van der Waals surface area contributed by atoms with Gasteiger partial charge in [0.1, 0.15) is 12.2 Å². The minimum absolute atomic E-state index is 1.12. The fourth-order valence-electron chi connectivity index (χ4n) is 0.766. The molecule has 1 fully saturated rings. The number of nitrogens with zero attached hydrogens (tertiary/aromatic N) is 1. The topological polar surface area (TPSA) is 93.7 Å². The van der Waals surface area contributed by atoms with Crippen LogP contribution in [-0.4, -0.2) is 39.9 Å². The van der Waals surface area contributed by atoms with Gasteiger partial charge < -0.3 is 20.1 Å². The van der Waals surface area contributed by atoms with Crippen LogP contribution < -0.4 is 0 Å². The van der Waals surface area contributed by atoms with Gasteiger partial charge in [-0.3, -0.25) is 0 Å². The Morgan fingerprint density at radius 1 is 1.20 bits per heavy atom. The third kappa shape index (κ3) is 0.978. The van der Waals surface area contributed by atoms with Crippen molar-refractivity contribution in [2.75, 3.05) is 0 Å². The van der Waals surface area contributed by atoms with Crippen LogP contribution in [0.3, 0.4) is 0 Å². The van der Waals surface area contributed by atoms with Crippen molar-refractivity contribution in [3.05, 3.63) is 0 Å². The van der Waals surface area contributed by atoms with E-state index >= 15 is 0 Å². The lowest BCUT2D eigenvalue weighted by Crippen LogP contribution is -2.31. The standard InChI is InChI=1S/C5H7NO4/c6-1-2-3(7)4(8)5(9)10-2/h2-5,7-9H. The molecular weight excluding hydrogens is 138 g/mol. The van der Waals surface area contributed by atoms with E-state index in [9.17, 15) is 0 Å². The highest BCUT2D eigenvalue weighted by molar-refractivity contribution is 4.98. The molecule has 1 aliphatic heterocycles. The van der Waals surface area contributed by atoms with Gasteiger partial charge in [-0.1, -0.05) is 0 Å². The number of rotatable bonds is 0. The van der Waals surface area contributed by atoms with Crippen molar-refractivity contribution in [3.8, 4) is 6.07 Å². The Hall–Kier alpha value is -0.670. The van der Waals surface area contributed by atoms with Gasteiger partial charge in [0.25, 0.3) is 0 Å². The maximum Gasteiger partial charge on any atom is 0.185 e. The zero-order valence-electron chi connectivity index (χ0n) is 5.01. The van der Waals surface area contributed by atoms with E-state index < -0.39 is 24.6 Å². The van der Waals surface area contributed by atoms with E-state index in [1.54, 1.807) is 6.07 Å². The average Bonchev–Trinajstić information content (AvgIpc) is 2.17. The summed E-state index contributed by atoms with van der Waals surface area (Å²) in [5.41, 5.74) is 0. The van der Waals surface area contributed by atoms with E-state index in [0.29, 0.717) is 0 Å². The molecule has 0 aromatic heterocycles. The van der Waals surface area contributed by atoms with Gasteiger partial charge >= 0.3 is 0 Å². The summed E-state index contributed by atoms with van der Waals surface area (Å²) in [5, 5.41) is 34.6. The average molecular weight is 145 g/mol. The van der Waals surface area contributed by atoms with Gasteiger partial charge in [0.2, 0.25) is 0 Å². The van der Waals surface area contributed by atoms with Crippen LogP contribution in [0.15, 0.2) is 0 Å². The van der Waals surface area contributed by atoms with Gasteiger partial charge in [0, 0.05) is 0 Å². The first-order chi connectivity index (χ1) is 4.66. The second-order valence-corrected chi connectivity index (χ2v) is 2.06. The van der Waals surface area contributed by atoms with E-state index in [1.165, 1.54) is 0 Å². The molecule has 0 spiro atoms. The summed E-state index contributed by atoms with van der Waals surface area (Å²) in [6.45, 7) is 0. The molecular formula is C5H7NO4. The first-order valence-corrected chi connectivity index (χ1v) is 2.76. The Labute approximate surface area is 57.1 Å². The van der Waals surface area contributed by atoms with Gasteiger partial charge in [-0.15, -0.1) is 0 Å². The number of nitriles is 1. The lowest BCUT2D eigenvalue weighted by molar-refractivity contribution is -0.119. The third-order valence-electron chi connectivity index (χ3n) is 1.37. The zero-order valence-corrected chi connectivity index (χ0v) is 5.01. The fourth-order valence-corrected chi connectivity index (χ4v) is 0.766. The molecule has 0 saturated carbocycles. The van der Waals surface area contributed by atoms with Gasteiger partial charge in [-0.05, 0) is 0 Å². The second-order valence-electron chi connectivity index (χ2n) is 2.06. The monoisotopic (exact) mass is 145 g/mol. The molecule has 0 aliphatic carbocycles. The van der Waals surface area contributed by atoms with Crippen molar-refractivity contribution in [2.45, 2.75) is 24.6 Å². The van der Waals surface area contributed by atoms with Gasteiger partial charge in [0.05, 0.1) is 6.07 Å². The number of hydrogen-bond acceptors (Lipinski definition) is 5. The molecule has 4 unspecified atom stereocenters. The molecule has 0 bridgehead atoms. The lowest BCUT2D eigenvalue weighted by atomic mass is 10.1. The molecule has 1 aliphatic rings. The summed E-state index contributed by atoms with van der Waals surface area (Å²) in [6.07, 6.45) is -5.24. The smallest absolute Gasteiger partial charge is 0.185 e. The van der Waals surface area contributed by atoms with Crippen LogP contribution in [0.1, 0.15) is 0 Å². The van der Waals surface area contributed by atoms with E-state index in [4.69, 9.17) is 20.6 Å². The zero-order chi connectivity index (χ0) is 7.72. The Kier molecular flexibility index (Phi) is 1.87. The Morgan fingerprint density at radius 3 is 2.00 bits per heavy atom. The largest absolute Gasteiger partial charge is 0.386 e. The van der Waals surface area contributed by atoms with Crippen molar-refractivity contribution in [1.82, 2.24) is 0 Å². The van der Waals surface area contributed by atoms with Gasteiger partial charge in [-0.25, -0.2) is 0 Å². The first-order valence-electron chi connectivity index (χ1n) is 2.76. The molecule has 5 nitrogen and oxygen atoms in total.